The standard InChI is InChI=1S/C17H28N6OS/c1-12-11-13(2)20-16(19-12)22-15(18-9-6-10-24-3)23-17(25)21-14-7-4-5-8-14/h11,14H,4-10H2,1-3H3,(H3,18,19,20,21,22,23,25). The van der Waals surface area contributed by atoms with Gasteiger partial charge in [0.15, 0.2) is 5.11 Å². The molecule has 2 rings (SSSR count). The summed E-state index contributed by atoms with van der Waals surface area (Å²) in [6.07, 6.45) is 5.67. The van der Waals surface area contributed by atoms with Crippen LogP contribution >= 0.6 is 12.2 Å². The number of hydrogen-bond donors (Lipinski definition) is 3. The molecule has 3 N–H and O–H groups in total. The van der Waals surface area contributed by atoms with Crippen molar-refractivity contribution in [3.63, 3.8) is 0 Å². The Bertz CT molecular complexity index is 581. The summed E-state index contributed by atoms with van der Waals surface area (Å²) in [5.41, 5.74) is 1.81. The lowest BCUT2D eigenvalue weighted by Gasteiger charge is -2.17. The van der Waals surface area contributed by atoms with Crippen molar-refractivity contribution < 1.29 is 4.74 Å². The quantitative estimate of drug-likeness (QED) is 0.309. The molecule has 7 nitrogen and oxygen atoms in total. The summed E-state index contributed by atoms with van der Waals surface area (Å²) < 4.78 is 5.07. The van der Waals surface area contributed by atoms with E-state index in [9.17, 15) is 0 Å². The van der Waals surface area contributed by atoms with Gasteiger partial charge in [0.1, 0.15) is 0 Å². The number of ether oxygens (including phenoxy) is 1. The molecule has 1 saturated carbocycles. The van der Waals surface area contributed by atoms with Gasteiger partial charge in [0.2, 0.25) is 11.9 Å². The topological polar surface area (TPSA) is 83.5 Å². The minimum absolute atomic E-state index is 0.451. The monoisotopic (exact) mass is 364 g/mol. The minimum atomic E-state index is 0.451. The number of nitrogens with zero attached hydrogens (tertiary/aromatic N) is 3. The third-order valence-electron chi connectivity index (χ3n) is 3.91. The number of thiocarbonyl (C=S) groups is 1. The summed E-state index contributed by atoms with van der Waals surface area (Å²) in [5, 5.41) is 10.2. The van der Waals surface area contributed by atoms with Crippen LogP contribution in [0, 0.1) is 13.8 Å². The molecule has 1 heterocycles. The van der Waals surface area contributed by atoms with Crippen LogP contribution in [0.2, 0.25) is 0 Å². The zero-order valence-corrected chi connectivity index (χ0v) is 16.1. The van der Waals surface area contributed by atoms with Crippen LogP contribution in [-0.2, 0) is 4.74 Å². The first-order valence-corrected chi connectivity index (χ1v) is 9.18. The van der Waals surface area contributed by atoms with Gasteiger partial charge >= 0.3 is 0 Å². The van der Waals surface area contributed by atoms with Crippen LogP contribution in [0.5, 0.6) is 0 Å². The lowest BCUT2D eigenvalue weighted by Crippen LogP contribution is -2.46. The molecule has 138 valence electrons. The molecule has 1 aliphatic rings. The van der Waals surface area contributed by atoms with Crippen molar-refractivity contribution in [2.75, 3.05) is 25.6 Å². The van der Waals surface area contributed by atoms with E-state index in [4.69, 9.17) is 17.0 Å². The van der Waals surface area contributed by atoms with Gasteiger partial charge in [-0.05, 0) is 51.4 Å². The van der Waals surface area contributed by atoms with Crippen molar-refractivity contribution in [2.45, 2.75) is 52.0 Å². The lowest BCUT2D eigenvalue weighted by molar-refractivity contribution is 0.197. The van der Waals surface area contributed by atoms with E-state index in [1.807, 2.05) is 19.9 Å². The number of aryl methyl sites for hydroxylation is 2. The van der Waals surface area contributed by atoms with E-state index in [0.29, 0.717) is 36.2 Å². The Labute approximate surface area is 155 Å². The smallest absolute Gasteiger partial charge is 0.229 e. The summed E-state index contributed by atoms with van der Waals surface area (Å²) in [6.45, 7) is 5.17. The second kappa shape index (κ2) is 10.2. The molecular formula is C17H28N6OS. The van der Waals surface area contributed by atoms with Crippen molar-refractivity contribution >= 4 is 29.2 Å². The zero-order valence-electron chi connectivity index (χ0n) is 15.3. The van der Waals surface area contributed by atoms with Crippen LogP contribution in [0.25, 0.3) is 0 Å². The highest BCUT2D eigenvalue weighted by molar-refractivity contribution is 7.80. The average molecular weight is 365 g/mol. The maximum Gasteiger partial charge on any atom is 0.229 e. The molecule has 8 heteroatoms. The molecule has 0 aromatic carbocycles. The molecule has 0 radical (unpaired) electrons. The van der Waals surface area contributed by atoms with Gasteiger partial charge in [0.25, 0.3) is 0 Å². The fourth-order valence-corrected chi connectivity index (χ4v) is 3.06. The number of hydrogen-bond acceptors (Lipinski definition) is 5. The normalized spacial score (nSPS) is 15.2. The zero-order chi connectivity index (χ0) is 18.1. The molecule has 0 saturated heterocycles. The molecule has 1 fully saturated rings. The SMILES string of the molecule is COCCCN=C(NC(=S)NC1CCCC1)Nc1nc(C)cc(C)n1. The van der Waals surface area contributed by atoms with E-state index in [1.165, 1.54) is 12.8 Å². The summed E-state index contributed by atoms with van der Waals surface area (Å²) in [4.78, 5) is 13.3. The van der Waals surface area contributed by atoms with E-state index < -0.39 is 0 Å². The van der Waals surface area contributed by atoms with Crippen molar-refractivity contribution in [3.05, 3.63) is 17.5 Å². The number of anilines is 1. The molecular weight excluding hydrogens is 336 g/mol. The molecule has 25 heavy (non-hydrogen) atoms. The first kappa shape index (κ1) is 19.5. The first-order chi connectivity index (χ1) is 12.1. The molecule has 1 aliphatic carbocycles. The summed E-state index contributed by atoms with van der Waals surface area (Å²) in [5.74, 6) is 1.07. The van der Waals surface area contributed by atoms with Crippen LogP contribution in [0.4, 0.5) is 5.95 Å². The average Bonchev–Trinajstić information content (AvgIpc) is 3.03. The van der Waals surface area contributed by atoms with E-state index >= 15 is 0 Å². The maximum absolute atomic E-state index is 5.43. The number of aliphatic imine (C=N–C) groups is 1. The third kappa shape index (κ3) is 7.31. The Morgan fingerprint density at radius 2 is 1.96 bits per heavy atom. The molecule has 0 bridgehead atoms. The number of aromatic nitrogens is 2. The van der Waals surface area contributed by atoms with Crippen molar-refractivity contribution in [3.8, 4) is 0 Å². The van der Waals surface area contributed by atoms with Crippen LogP contribution in [0.15, 0.2) is 11.1 Å². The number of guanidine groups is 1. The fourth-order valence-electron chi connectivity index (χ4n) is 2.80. The predicted octanol–water partition coefficient (Wildman–Crippen LogP) is 2.30. The Hall–Kier alpha value is -1.80. The molecule has 1 aromatic rings. The van der Waals surface area contributed by atoms with E-state index in [2.05, 4.69) is 30.9 Å². The molecule has 0 atom stereocenters. The Kier molecular flexibility index (Phi) is 8.00. The van der Waals surface area contributed by atoms with Crippen LogP contribution in [0.3, 0.4) is 0 Å². The molecule has 0 spiro atoms. The van der Waals surface area contributed by atoms with Gasteiger partial charge in [-0.2, -0.15) is 0 Å². The minimum Gasteiger partial charge on any atom is -0.385 e. The largest absolute Gasteiger partial charge is 0.385 e. The molecule has 1 aromatic heterocycles. The highest BCUT2D eigenvalue weighted by atomic mass is 32.1. The van der Waals surface area contributed by atoms with Crippen molar-refractivity contribution in [1.29, 1.82) is 0 Å². The van der Waals surface area contributed by atoms with Gasteiger partial charge in [0, 0.05) is 37.7 Å². The Morgan fingerprint density at radius 1 is 1.28 bits per heavy atom. The van der Waals surface area contributed by atoms with Gasteiger partial charge in [-0.15, -0.1) is 0 Å². The van der Waals surface area contributed by atoms with Crippen molar-refractivity contribution in [1.82, 2.24) is 20.6 Å². The predicted molar refractivity (Wildman–Crippen MR) is 105 cm³/mol. The number of methoxy groups -OCH3 is 1. The van der Waals surface area contributed by atoms with Gasteiger partial charge < -0.3 is 15.4 Å². The molecule has 0 aliphatic heterocycles. The van der Waals surface area contributed by atoms with E-state index in [0.717, 1.165) is 30.7 Å². The van der Waals surface area contributed by atoms with Crippen molar-refractivity contribution in [2.24, 2.45) is 4.99 Å². The highest BCUT2D eigenvalue weighted by Crippen LogP contribution is 2.17. The Morgan fingerprint density at radius 3 is 2.60 bits per heavy atom. The fraction of sp³-hybridized carbons (Fsp3) is 0.647. The van der Waals surface area contributed by atoms with E-state index in [1.54, 1.807) is 7.11 Å². The first-order valence-electron chi connectivity index (χ1n) is 8.77. The second-order valence-corrected chi connectivity index (χ2v) is 6.66. The molecule has 0 unspecified atom stereocenters. The van der Waals surface area contributed by atoms with Gasteiger partial charge in [0.05, 0.1) is 0 Å². The lowest BCUT2D eigenvalue weighted by atomic mass is 10.3. The van der Waals surface area contributed by atoms with Crippen LogP contribution < -0.4 is 16.0 Å². The maximum atomic E-state index is 5.43. The highest BCUT2D eigenvalue weighted by Gasteiger charge is 2.16. The van der Waals surface area contributed by atoms with Crippen LogP contribution in [0.1, 0.15) is 43.5 Å². The number of rotatable bonds is 6. The second-order valence-electron chi connectivity index (χ2n) is 6.26. The van der Waals surface area contributed by atoms with Gasteiger partial charge in [-0.3, -0.25) is 10.3 Å². The summed E-state index contributed by atoms with van der Waals surface area (Å²) in [7, 11) is 1.69. The summed E-state index contributed by atoms with van der Waals surface area (Å²) >= 11 is 5.43. The third-order valence-corrected chi connectivity index (χ3v) is 4.13. The van der Waals surface area contributed by atoms with Gasteiger partial charge in [-0.1, -0.05) is 12.8 Å². The van der Waals surface area contributed by atoms with Crippen LogP contribution in [-0.4, -0.2) is 47.3 Å². The molecule has 0 amide bonds. The summed E-state index contributed by atoms with van der Waals surface area (Å²) in [6, 6.07) is 2.38. The van der Waals surface area contributed by atoms with E-state index in [-0.39, 0.29) is 0 Å². The number of nitrogens with one attached hydrogen (secondary N) is 3. The Balaban J connectivity index is 1.99. The van der Waals surface area contributed by atoms with Gasteiger partial charge in [-0.25, -0.2) is 9.97 Å².